The van der Waals surface area contributed by atoms with E-state index in [1.807, 2.05) is 12.2 Å². The molecule has 3 rings (SSSR count). The maximum absolute atomic E-state index is 3.80. The summed E-state index contributed by atoms with van der Waals surface area (Å²) < 4.78 is 0. The Morgan fingerprint density at radius 1 is 0.542 bits per heavy atom. The average Bonchev–Trinajstić information content (AvgIpc) is 2.63. The van der Waals surface area contributed by atoms with Gasteiger partial charge in [-0.2, -0.15) is 0 Å². The van der Waals surface area contributed by atoms with E-state index < -0.39 is 0 Å². The van der Waals surface area contributed by atoms with E-state index in [-0.39, 0.29) is 0 Å². The summed E-state index contributed by atoms with van der Waals surface area (Å²) in [6.07, 6.45) is 5.67. The Bertz CT molecular complexity index is 752. The number of hydrogen-bond acceptors (Lipinski definition) is 0. The van der Waals surface area contributed by atoms with Gasteiger partial charge in [0.1, 0.15) is 0 Å². The number of benzene rings is 3. The third-order valence-corrected chi connectivity index (χ3v) is 4.24. The van der Waals surface area contributed by atoms with Gasteiger partial charge in [-0.15, -0.1) is 0 Å². The highest BCUT2D eigenvalue weighted by atomic mass is 14.1. The Labute approximate surface area is 144 Å². The summed E-state index contributed by atoms with van der Waals surface area (Å²) in [4.78, 5) is 0. The van der Waals surface area contributed by atoms with Crippen LogP contribution >= 0.6 is 0 Å². The van der Waals surface area contributed by atoms with Crippen molar-refractivity contribution in [1.82, 2.24) is 0 Å². The molecule has 0 amide bonds. The molecule has 0 saturated heterocycles. The minimum absolute atomic E-state index is 0.959. The van der Waals surface area contributed by atoms with Crippen molar-refractivity contribution >= 4 is 12.2 Å². The molecule has 0 heteroatoms. The molecule has 0 unspecified atom stereocenters. The molecule has 0 N–H and O–H groups in total. The lowest BCUT2D eigenvalue weighted by Crippen LogP contribution is -1.93. The van der Waals surface area contributed by atoms with Crippen LogP contribution in [-0.2, 0) is 12.8 Å². The molecular formula is C24H22. The van der Waals surface area contributed by atoms with Crippen LogP contribution in [0.3, 0.4) is 0 Å². The van der Waals surface area contributed by atoms with E-state index in [1.54, 1.807) is 0 Å². The minimum Gasteiger partial charge on any atom is -0.0985 e. The fraction of sp³-hybridized carbons (Fsp3) is 0.0833. The fourth-order valence-electron chi connectivity index (χ4n) is 2.86. The van der Waals surface area contributed by atoms with Gasteiger partial charge in [-0.3, -0.25) is 0 Å². The van der Waals surface area contributed by atoms with Gasteiger partial charge in [0.15, 0.2) is 0 Å². The largest absolute Gasteiger partial charge is 0.0985 e. The molecule has 0 fully saturated rings. The van der Waals surface area contributed by atoms with E-state index in [2.05, 4.69) is 86.0 Å². The SMILES string of the molecule is C=Cc1ccc(Cc2cccc(Cc3ccc(C=C)cc3)c2)cc1. The van der Waals surface area contributed by atoms with Gasteiger partial charge in [-0.25, -0.2) is 0 Å². The molecule has 0 aromatic heterocycles. The van der Waals surface area contributed by atoms with Crippen LogP contribution in [0.2, 0.25) is 0 Å². The van der Waals surface area contributed by atoms with Gasteiger partial charge in [0.05, 0.1) is 0 Å². The van der Waals surface area contributed by atoms with Crippen LogP contribution in [-0.4, -0.2) is 0 Å². The second-order valence-corrected chi connectivity index (χ2v) is 6.06. The highest BCUT2D eigenvalue weighted by molar-refractivity contribution is 5.48. The molecule has 0 saturated carbocycles. The Balaban J connectivity index is 1.72. The topological polar surface area (TPSA) is 0 Å². The predicted molar refractivity (Wildman–Crippen MR) is 105 cm³/mol. The van der Waals surface area contributed by atoms with E-state index >= 15 is 0 Å². The molecule has 118 valence electrons. The van der Waals surface area contributed by atoms with Gasteiger partial charge in [0.2, 0.25) is 0 Å². The summed E-state index contributed by atoms with van der Waals surface area (Å²) in [6, 6.07) is 26.0. The molecule has 0 atom stereocenters. The van der Waals surface area contributed by atoms with Gasteiger partial charge < -0.3 is 0 Å². The zero-order chi connectivity index (χ0) is 16.8. The normalized spacial score (nSPS) is 10.3. The van der Waals surface area contributed by atoms with E-state index in [9.17, 15) is 0 Å². The van der Waals surface area contributed by atoms with Crippen molar-refractivity contribution in [2.75, 3.05) is 0 Å². The lowest BCUT2D eigenvalue weighted by atomic mass is 9.98. The lowest BCUT2D eigenvalue weighted by Gasteiger charge is -2.07. The highest BCUT2D eigenvalue weighted by Gasteiger charge is 2.01. The van der Waals surface area contributed by atoms with Crippen LogP contribution in [0.15, 0.2) is 86.0 Å². The zero-order valence-corrected chi connectivity index (χ0v) is 13.9. The molecule has 0 heterocycles. The lowest BCUT2D eigenvalue weighted by molar-refractivity contribution is 1.14. The first-order chi connectivity index (χ1) is 11.8. The molecule has 3 aromatic carbocycles. The molecule has 0 aliphatic carbocycles. The van der Waals surface area contributed by atoms with Gasteiger partial charge in [-0.05, 0) is 46.2 Å². The van der Waals surface area contributed by atoms with Gasteiger partial charge in [-0.1, -0.05) is 98.1 Å². The van der Waals surface area contributed by atoms with Crippen molar-refractivity contribution in [2.24, 2.45) is 0 Å². The molecule has 0 aliphatic heterocycles. The summed E-state index contributed by atoms with van der Waals surface area (Å²) >= 11 is 0. The summed E-state index contributed by atoms with van der Waals surface area (Å²) in [5.74, 6) is 0. The summed E-state index contributed by atoms with van der Waals surface area (Å²) in [6.45, 7) is 7.60. The number of rotatable bonds is 6. The third-order valence-electron chi connectivity index (χ3n) is 4.24. The van der Waals surface area contributed by atoms with Crippen LogP contribution in [0, 0.1) is 0 Å². The Hall–Kier alpha value is -2.86. The van der Waals surface area contributed by atoms with E-state index in [1.165, 1.54) is 22.3 Å². The van der Waals surface area contributed by atoms with Crippen LogP contribution in [0.1, 0.15) is 33.4 Å². The second-order valence-electron chi connectivity index (χ2n) is 6.06. The zero-order valence-electron chi connectivity index (χ0n) is 13.9. The van der Waals surface area contributed by atoms with Gasteiger partial charge in [0, 0.05) is 0 Å². The number of hydrogen-bond donors (Lipinski definition) is 0. The highest BCUT2D eigenvalue weighted by Crippen LogP contribution is 2.16. The predicted octanol–water partition coefficient (Wildman–Crippen LogP) is 6.15. The van der Waals surface area contributed by atoms with Gasteiger partial charge in [0.25, 0.3) is 0 Å². The Kier molecular flexibility index (Phi) is 5.08. The first-order valence-electron chi connectivity index (χ1n) is 8.27. The fourth-order valence-corrected chi connectivity index (χ4v) is 2.86. The van der Waals surface area contributed by atoms with Crippen molar-refractivity contribution in [1.29, 1.82) is 0 Å². The van der Waals surface area contributed by atoms with Crippen LogP contribution < -0.4 is 0 Å². The van der Waals surface area contributed by atoms with Crippen LogP contribution in [0.4, 0.5) is 0 Å². The smallest absolute Gasteiger partial charge is 0.00257 e. The Morgan fingerprint density at radius 2 is 0.958 bits per heavy atom. The van der Waals surface area contributed by atoms with Crippen molar-refractivity contribution in [3.8, 4) is 0 Å². The molecule has 3 aromatic rings. The maximum atomic E-state index is 3.80. The standard InChI is InChI=1S/C24H22/c1-3-19-8-12-21(13-9-19)16-23-6-5-7-24(18-23)17-22-14-10-20(4-2)11-15-22/h3-15,18H,1-2,16-17H2. The van der Waals surface area contributed by atoms with E-state index in [0.29, 0.717) is 0 Å². The maximum Gasteiger partial charge on any atom is -0.00257 e. The molecule has 24 heavy (non-hydrogen) atoms. The van der Waals surface area contributed by atoms with Gasteiger partial charge >= 0.3 is 0 Å². The average molecular weight is 310 g/mol. The quantitative estimate of drug-likeness (QED) is 0.512. The van der Waals surface area contributed by atoms with Crippen LogP contribution in [0.5, 0.6) is 0 Å². The third kappa shape index (κ3) is 4.11. The molecule has 0 aliphatic rings. The monoisotopic (exact) mass is 310 g/mol. The van der Waals surface area contributed by atoms with Crippen molar-refractivity contribution in [2.45, 2.75) is 12.8 Å². The first kappa shape index (κ1) is 16.0. The van der Waals surface area contributed by atoms with E-state index in [0.717, 1.165) is 24.0 Å². The van der Waals surface area contributed by atoms with Crippen molar-refractivity contribution < 1.29 is 0 Å². The molecule has 0 radical (unpaired) electrons. The van der Waals surface area contributed by atoms with Crippen molar-refractivity contribution in [3.05, 3.63) is 119 Å². The minimum atomic E-state index is 0.959. The first-order valence-corrected chi connectivity index (χ1v) is 8.27. The molecular weight excluding hydrogens is 288 g/mol. The summed E-state index contributed by atoms with van der Waals surface area (Å²) in [5.41, 5.74) is 7.68. The van der Waals surface area contributed by atoms with E-state index in [4.69, 9.17) is 0 Å². The summed E-state index contributed by atoms with van der Waals surface area (Å²) in [5, 5.41) is 0. The summed E-state index contributed by atoms with van der Waals surface area (Å²) in [7, 11) is 0. The van der Waals surface area contributed by atoms with Crippen molar-refractivity contribution in [3.63, 3.8) is 0 Å². The second kappa shape index (κ2) is 7.61. The molecule has 0 nitrogen and oxygen atoms in total. The van der Waals surface area contributed by atoms with Crippen LogP contribution in [0.25, 0.3) is 12.2 Å². The molecule has 0 bridgehead atoms. The molecule has 0 spiro atoms. The Morgan fingerprint density at radius 3 is 1.33 bits per heavy atom.